The van der Waals surface area contributed by atoms with Crippen LogP contribution in [0, 0.1) is 0 Å². The van der Waals surface area contributed by atoms with E-state index in [1.54, 1.807) is 12.1 Å². The number of hydrogen-bond donors (Lipinski definition) is 2. The molecule has 2 rings (SSSR count). The van der Waals surface area contributed by atoms with Gasteiger partial charge in [0.05, 0.1) is 0 Å². The third-order valence-corrected chi connectivity index (χ3v) is 2.26. The molecule has 54 valence electrons. The average Bonchev–Trinajstić information content (AvgIpc) is 2.59. The van der Waals surface area contributed by atoms with Crippen molar-refractivity contribution in [1.82, 2.24) is 14.9 Å². The van der Waals surface area contributed by atoms with E-state index in [-0.39, 0.29) is 0 Å². The van der Waals surface area contributed by atoms with Crippen molar-refractivity contribution in [2.45, 2.75) is 0 Å². The van der Waals surface area contributed by atoms with Crippen LogP contribution >= 0.6 is 12.1 Å². The Morgan fingerprint density at radius 1 is 1.70 bits per heavy atom. The van der Waals surface area contributed by atoms with E-state index in [1.165, 1.54) is 0 Å². The molecular weight excluding hydrogens is 148 g/mol. The number of H-pyrrole nitrogens is 1. The van der Waals surface area contributed by atoms with Crippen molar-refractivity contribution in [3.05, 3.63) is 12.3 Å². The van der Waals surface area contributed by atoms with Gasteiger partial charge in [-0.3, -0.25) is 9.40 Å². The Balaban J connectivity index is 2.12. The van der Waals surface area contributed by atoms with Gasteiger partial charge in [-0.2, -0.15) is 5.10 Å². The maximum Gasteiger partial charge on any atom is 0.161 e. The lowest BCUT2D eigenvalue weighted by Crippen LogP contribution is -2.10. The first-order chi connectivity index (χ1) is 4.97. The average molecular weight is 156 g/mol. The first-order valence-corrected chi connectivity index (χ1v) is 3.91. The fourth-order valence-electron chi connectivity index (χ4n) is 0.869. The summed E-state index contributed by atoms with van der Waals surface area (Å²) in [6.45, 7) is 2.05. The molecule has 1 fully saturated rings. The lowest BCUT2D eigenvalue weighted by atomic mass is 10.6. The topological polar surface area (TPSA) is 44.0 Å². The van der Waals surface area contributed by atoms with E-state index >= 15 is 0 Å². The van der Waals surface area contributed by atoms with Crippen LogP contribution in [-0.4, -0.2) is 23.3 Å². The van der Waals surface area contributed by atoms with Crippen LogP contribution in [0.15, 0.2) is 12.3 Å². The molecule has 2 N–H and O–H groups in total. The Hall–Kier alpha value is -0.680. The summed E-state index contributed by atoms with van der Waals surface area (Å²) in [6.07, 6.45) is 1.83. The smallest absolute Gasteiger partial charge is 0.161 e. The van der Waals surface area contributed by atoms with E-state index in [9.17, 15) is 0 Å². The van der Waals surface area contributed by atoms with Gasteiger partial charge in [-0.1, -0.05) is 0 Å². The van der Waals surface area contributed by atoms with Gasteiger partial charge in [-0.15, -0.1) is 0 Å². The van der Waals surface area contributed by atoms with Crippen LogP contribution in [0.2, 0.25) is 0 Å². The van der Waals surface area contributed by atoms with Crippen molar-refractivity contribution in [2.24, 2.45) is 0 Å². The quantitative estimate of drug-likeness (QED) is 0.577. The first-order valence-electron chi connectivity index (χ1n) is 3.14. The molecule has 2 heterocycles. The second-order valence-corrected chi connectivity index (χ2v) is 2.93. The number of nitrogens with zero attached hydrogens (tertiary/aromatic N) is 2. The number of anilines is 1. The Kier molecular flexibility index (Phi) is 1.52. The Labute approximate surface area is 63.3 Å². The van der Waals surface area contributed by atoms with Crippen LogP contribution in [-0.2, 0) is 0 Å². The maximum atomic E-state index is 4.04. The lowest BCUT2D eigenvalue weighted by Gasteiger charge is -2.08. The normalized spacial score (nSPS) is 18.2. The number of rotatable bonds is 1. The predicted octanol–water partition coefficient (Wildman–Crippen LogP) is 0.382. The van der Waals surface area contributed by atoms with Crippen LogP contribution in [0.5, 0.6) is 0 Å². The molecule has 0 atom stereocenters. The molecule has 0 aliphatic carbocycles. The van der Waals surface area contributed by atoms with Crippen molar-refractivity contribution >= 4 is 18.0 Å². The summed E-state index contributed by atoms with van der Waals surface area (Å²) in [4.78, 5) is 0. The summed E-state index contributed by atoms with van der Waals surface area (Å²) in [5.74, 6) is 0.995. The lowest BCUT2D eigenvalue weighted by molar-refractivity contribution is 0.958. The fourth-order valence-corrected chi connectivity index (χ4v) is 1.59. The Bertz CT molecular complexity index is 191. The van der Waals surface area contributed by atoms with Crippen LogP contribution in [0.4, 0.5) is 5.82 Å². The zero-order valence-electron chi connectivity index (χ0n) is 5.37. The van der Waals surface area contributed by atoms with Crippen molar-refractivity contribution in [2.75, 3.05) is 17.4 Å². The van der Waals surface area contributed by atoms with Crippen molar-refractivity contribution in [1.29, 1.82) is 0 Å². The van der Waals surface area contributed by atoms with Crippen LogP contribution in [0.1, 0.15) is 0 Å². The van der Waals surface area contributed by atoms with E-state index in [1.807, 2.05) is 12.3 Å². The van der Waals surface area contributed by atoms with Crippen LogP contribution in [0.3, 0.4) is 0 Å². The highest BCUT2D eigenvalue weighted by molar-refractivity contribution is 7.99. The number of aromatic amines is 1. The predicted molar refractivity (Wildman–Crippen MR) is 41.5 cm³/mol. The number of aromatic nitrogens is 2. The minimum absolute atomic E-state index is 0.995. The second kappa shape index (κ2) is 2.51. The molecule has 1 aliphatic rings. The van der Waals surface area contributed by atoms with Gasteiger partial charge >= 0.3 is 0 Å². The van der Waals surface area contributed by atoms with Crippen molar-refractivity contribution in [3.8, 4) is 0 Å². The largest absolute Gasteiger partial charge is 0.285 e. The zero-order valence-corrected chi connectivity index (χ0v) is 6.19. The molecule has 0 aromatic carbocycles. The summed E-state index contributed by atoms with van der Waals surface area (Å²) in [6, 6.07) is 1.96. The summed E-state index contributed by atoms with van der Waals surface area (Å²) < 4.78 is 5.26. The summed E-state index contributed by atoms with van der Waals surface area (Å²) >= 11 is 1.60. The van der Waals surface area contributed by atoms with Crippen LogP contribution < -0.4 is 9.03 Å². The molecule has 0 unspecified atom stereocenters. The SMILES string of the molecule is c1cc(N2CCNS2)n[nH]1. The molecular formula is C5H8N4S. The van der Waals surface area contributed by atoms with E-state index in [4.69, 9.17) is 0 Å². The number of hydrogen-bond acceptors (Lipinski definition) is 4. The Morgan fingerprint density at radius 2 is 2.70 bits per heavy atom. The maximum absolute atomic E-state index is 4.04. The van der Waals surface area contributed by atoms with Gasteiger partial charge in [0.15, 0.2) is 5.82 Å². The highest BCUT2D eigenvalue weighted by Crippen LogP contribution is 2.19. The van der Waals surface area contributed by atoms with Gasteiger partial charge in [0.2, 0.25) is 0 Å². The minimum Gasteiger partial charge on any atom is -0.285 e. The monoisotopic (exact) mass is 156 g/mol. The van der Waals surface area contributed by atoms with Gasteiger partial charge in [0, 0.05) is 37.5 Å². The molecule has 1 aliphatic heterocycles. The summed E-state index contributed by atoms with van der Waals surface area (Å²) in [5, 5.41) is 6.81. The fraction of sp³-hybridized carbons (Fsp3) is 0.400. The van der Waals surface area contributed by atoms with Crippen molar-refractivity contribution < 1.29 is 0 Å². The molecule has 1 aromatic rings. The second-order valence-electron chi connectivity index (χ2n) is 2.02. The molecule has 10 heavy (non-hydrogen) atoms. The molecule has 0 amide bonds. The van der Waals surface area contributed by atoms with Gasteiger partial charge in [-0.25, -0.2) is 4.72 Å². The third kappa shape index (κ3) is 0.975. The van der Waals surface area contributed by atoms with E-state index in [0.29, 0.717) is 0 Å². The molecule has 0 radical (unpaired) electrons. The van der Waals surface area contributed by atoms with Gasteiger partial charge in [0.1, 0.15) is 0 Å². The molecule has 4 nitrogen and oxygen atoms in total. The molecule has 5 heteroatoms. The number of nitrogens with one attached hydrogen (secondary N) is 2. The molecule has 0 bridgehead atoms. The van der Waals surface area contributed by atoms with Crippen LogP contribution in [0.25, 0.3) is 0 Å². The molecule has 1 saturated heterocycles. The zero-order chi connectivity index (χ0) is 6.81. The first kappa shape index (κ1) is 6.06. The molecule has 0 saturated carbocycles. The summed E-state index contributed by atoms with van der Waals surface area (Å²) in [7, 11) is 0. The highest BCUT2D eigenvalue weighted by Gasteiger charge is 2.13. The molecule has 0 spiro atoms. The summed E-state index contributed by atoms with van der Waals surface area (Å²) in [5.41, 5.74) is 0. The standard InChI is InChI=1S/C5H8N4S/c1-2-6-8-5(1)9-4-3-7-10-9/h1-2,7H,3-4H2,(H,6,8). The van der Waals surface area contributed by atoms with Gasteiger partial charge in [-0.05, 0) is 0 Å². The molecule has 1 aromatic heterocycles. The third-order valence-electron chi connectivity index (χ3n) is 1.33. The minimum atomic E-state index is 0.995. The van der Waals surface area contributed by atoms with Gasteiger partial charge < -0.3 is 0 Å². The van der Waals surface area contributed by atoms with Crippen molar-refractivity contribution in [3.63, 3.8) is 0 Å². The highest BCUT2D eigenvalue weighted by atomic mass is 32.2. The van der Waals surface area contributed by atoms with E-state index in [2.05, 4.69) is 19.2 Å². The van der Waals surface area contributed by atoms with E-state index < -0.39 is 0 Å². The van der Waals surface area contributed by atoms with Gasteiger partial charge in [0.25, 0.3) is 0 Å². The van der Waals surface area contributed by atoms with E-state index in [0.717, 1.165) is 18.9 Å². The Morgan fingerprint density at radius 3 is 3.30 bits per heavy atom.